The lowest BCUT2D eigenvalue weighted by Crippen LogP contribution is -2.34. The molecule has 1 N–H and O–H groups in total. The van der Waals surface area contributed by atoms with Crippen LogP contribution in [0.4, 0.5) is 0 Å². The van der Waals surface area contributed by atoms with Crippen molar-refractivity contribution in [3.63, 3.8) is 0 Å². The molecule has 1 aliphatic heterocycles. The van der Waals surface area contributed by atoms with E-state index in [0.717, 1.165) is 38.4 Å². The molecule has 0 bridgehead atoms. The van der Waals surface area contributed by atoms with Gasteiger partial charge < -0.3 is 15.0 Å². The zero-order valence-corrected chi connectivity index (χ0v) is 10.8. The summed E-state index contributed by atoms with van der Waals surface area (Å²) in [6.45, 7) is 4.02. The van der Waals surface area contributed by atoms with Gasteiger partial charge in [-0.25, -0.2) is 0 Å². The summed E-state index contributed by atoms with van der Waals surface area (Å²) in [6.07, 6.45) is 1.13. The van der Waals surface area contributed by atoms with Gasteiger partial charge in [0.05, 0.1) is 6.61 Å². The molecule has 1 aromatic rings. The van der Waals surface area contributed by atoms with Gasteiger partial charge in [0.2, 0.25) is 0 Å². The topological polar surface area (TPSA) is 24.5 Å². The number of para-hydroxylation sites is 1. The Balaban J connectivity index is 1.75. The molecule has 3 heteroatoms. The van der Waals surface area contributed by atoms with Gasteiger partial charge >= 0.3 is 0 Å². The van der Waals surface area contributed by atoms with Crippen LogP contribution in [0.5, 0.6) is 5.75 Å². The summed E-state index contributed by atoms with van der Waals surface area (Å²) in [5.41, 5.74) is 1.35. The van der Waals surface area contributed by atoms with Crippen molar-refractivity contribution in [3.8, 4) is 5.75 Å². The minimum absolute atomic E-state index is 0.604. The fraction of sp³-hybridized carbons (Fsp3) is 0.571. The molecule has 0 aromatic heterocycles. The van der Waals surface area contributed by atoms with Crippen molar-refractivity contribution in [3.05, 3.63) is 29.8 Å². The molecule has 0 saturated heterocycles. The highest BCUT2D eigenvalue weighted by Gasteiger charge is 2.18. The third kappa shape index (κ3) is 3.72. The average Bonchev–Trinajstić information content (AvgIpc) is 2.34. The van der Waals surface area contributed by atoms with Gasteiger partial charge in [0.15, 0.2) is 0 Å². The molecule has 0 radical (unpaired) electrons. The fourth-order valence-electron chi connectivity index (χ4n) is 2.13. The zero-order chi connectivity index (χ0) is 12.1. The molecule has 1 aromatic carbocycles. The lowest BCUT2D eigenvalue weighted by molar-refractivity contribution is 0.217. The summed E-state index contributed by atoms with van der Waals surface area (Å²) in [5, 5.41) is 3.50. The Kier molecular flexibility index (Phi) is 4.40. The van der Waals surface area contributed by atoms with E-state index in [4.69, 9.17) is 4.74 Å². The van der Waals surface area contributed by atoms with E-state index in [-0.39, 0.29) is 0 Å². The smallest absolute Gasteiger partial charge is 0.122 e. The van der Waals surface area contributed by atoms with Crippen LogP contribution in [0.3, 0.4) is 0 Å². The molecule has 1 atom stereocenters. The lowest BCUT2D eigenvalue weighted by atomic mass is 9.97. The number of rotatable bonds is 5. The first-order valence-corrected chi connectivity index (χ1v) is 6.32. The third-order valence-corrected chi connectivity index (χ3v) is 3.12. The molecule has 17 heavy (non-hydrogen) atoms. The standard InChI is InChI=1S/C14H22N2O/c1-16(2)8-7-15-10-12-9-13-5-3-4-6-14(13)17-11-12/h3-6,12,15H,7-11H2,1-2H3. The van der Waals surface area contributed by atoms with E-state index in [1.165, 1.54) is 5.56 Å². The molecule has 0 saturated carbocycles. The van der Waals surface area contributed by atoms with Crippen LogP contribution >= 0.6 is 0 Å². The maximum absolute atomic E-state index is 5.76. The van der Waals surface area contributed by atoms with Crippen molar-refractivity contribution in [2.24, 2.45) is 5.92 Å². The van der Waals surface area contributed by atoms with Crippen LogP contribution in [0.1, 0.15) is 5.56 Å². The molecule has 0 spiro atoms. The van der Waals surface area contributed by atoms with E-state index in [1.807, 2.05) is 6.07 Å². The first kappa shape index (κ1) is 12.4. The Bertz CT molecular complexity index is 352. The quantitative estimate of drug-likeness (QED) is 0.779. The first-order valence-electron chi connectivity index (χ1n) is 6.32. The van der Waals surface area contributed by atoms with Gasteiger partial charge in [-0.3, -0.25) is 0 Å². The van der Waals surface area contributed by atoms with Gasteiger partial charge in [0.1, 0.15) is 5.75 Å². The maximum Gasteiger partial charge on any atom is 0.122 e. The van der Waals surface area contributed by atoms with Crippen LogP contribution in [0.15, 0.2) is 24.3 Å². The SMILES string of the molecule is CN(C)CCNCC1COc2ccccc2C1. The summed E-state index contributed by atoms with van der Waals surface area (Å²) < 4.78 is 5.76. The van der Waals surface area contributed by atoms with Crippen molar-refractivity contribution in [1.29, 1.82) is 0 Å². The van der Waals surface area contributed by atoms with Crippen molar-refractivity contribution in [2.75, 3.05) is 40.3 Å². The van der Waals surface area contributed by atoms with Crippen LogP contribution in [0, 0.1) is 5.92 Å². The second-order valence-electron chi connectivity index (χ2n) is 5.00. The van der Waals surface area contributed by atoms with Crippen molar-refractivity contribution in [2.45, 2.75) is 6.42 Å². The highest BCUT2D eigenvalue weighted by molar-refractivity contribution is 5.35. The predicted molar refractivity (Wildman–Crippen MR) is 70.6 cm³/mol. The number of ether oxygens (including phenoxy) is 1. The van der Waals surface area contributed by atoms with Crippen LogP contribution in [0.25, 0.3) is 0 Å². The van der Waals surface area contributed by atoms with Crippen molar-refractivity contribution >= 4 is 0 Å². The van der Waals surface area contributed by atoms with E-state index < -0.39 is 0 Å². The number of nitrogens with zero attached hydrogens (tertiary/aromatic N) is 1. The van der Waals surface area contributed by atoms with Crippen LogP contribution < -0.4 is 10.1 Å². The molecule has 1 aliphatic rings. The van der Waals surface area contributed by atoms with E-state index in [9.17, 15) is 0 Å². The van der Waals surface area contributed by atoms with Gasteiger partial charge in [0.25, 0.3) is 0 Å². The molecular formula is C14H22N2O. The first-order chi connectivity index (χ1) is 8.25. The molecular weight excluding hydrogens is 212 g/mol. The number of hydrogen-bond donors (Lipinski definition) is 1. The van der Waals surface area contributed by atoms with Crippen LogP contribution in [-0.4, -0.2) is 45.2 Å². The molecule has 0 fully saturated rings. The fourth-order valence-corrected chi connectivity index (χ4v) is 2.13. The molecule has 1 heterocycles. The van der Waals surface area contributed by atoms with Crippen molar-refractivity contribution < 1.29 is 4.74 Å². The van der Waals surface area contributed by atoms with E-state index in [0.29, 0.717) is 5.92 Å². The Morgan fingerprint density at radius 3 is 3.00 bits per heavy atom. The summed E-state index contributed by atoms with van der Waals surface area (Å²) in [4.78, 5) is 2.19. The molecule has 1 unspecified atom stereocenters. The van der Waals surface area contributed by atoms with E-state index >= 15 is 0 Å². The zero-order valence-electron chi connectivity index (χ0n) is 10.8. The predicted octanol–water partition coefficient (Wildman–Crippen LogP) is 1.39. The third-order valence-electron chi connectivity index (χ3n) is 3.12. The second-order valence-corrected chi connectivity index (χ2v) is 5.00. The number of fused-ring (bicyclic) bond motifs is 1. The maximum atomic E-state index is 5.76. The molecule has 0 aliphatic carbocycles. The Morgan fingerprint density at radius 1 is 1.35 bits per heavy atom. The molecule has 2 rings (SSSR count). The van der Waals surface area contributed by atoms with Crippen LogP contribution in [-0.2, 0) is 6.42 Å². The largest absolute Gasteiger partial charge is 0.493 e. The summed E-state index contributed by atoms with van der Waals surface area (Å²) >= 11 is 0. The Morgan fingerprint density at radius 2 is 2.18 bits per heavy atom. The number of benzene rings is 1. The number of likely N-dealkylation sites (N-methyl/N-ethyl adjacent to an activating group) is 1. The van der Waals surface area contributed by atoms with Gasteiger partial charge in [-0.1, -0.05) is 18.2 Å². The van der Waals surface area contributed by atoms with Crippen LogP contribution in [0.2, 0.25) is 0 Å². The highest BCUT2D eigenvalue weighted by Crippen LogP contribution is 2.26. The van der Waals surface area contributed by atoms with Gasteiger partial charge in [-0.05, 0) is 32.1 Å². The number of nitrogens with one attached hydrogen (secondary N) is 1. The minimum Gasteiger partial charge on any atom is -0.493 e. The average molecular weight is 234 g/mol. The van der Waals surface area contributed by atoms with Gasteiger partial charge in [0, 0.05) is 25.6 Å². The number of hydrogen-bond acceptors (Lipinski definition) is 3. The lowest BCUT2D eigenvalue weighted by Gasteiger charge is -2.25. The summed E-state index contributed by atoms with van der Waals surface area (Å²) in [5.74, 6) is 1.67. The summed E-state index contributed by atoms with van der Waals surface area (Å²) in [6, 6.07) is 8.35. The molecule has 0 amide bonds. The Hall–Kier alpha value is -1.06. The molecule has 3 nitrogen and oxygen atoms in total. The summed E-state index contributed by atoms with van der Waals surface area (Å²) in [7, 11) is 4.20. The van der Waals surface area contributed by atoms with E-state index in [1.54, 1.807) is 0 Å². The normalized spacial score (nSPS) is 18.9. The van der Waals surface area contributed by atoms with Gasteiger partial charge in [-0.15, -0.1) is 0 Å². The monoisotopic (exact) mass is 234 g/mol. The van der Waals surface area contributed by atoms with Gasteiger partial charge in [-0.2, -0.15) is 0 Å². The van der Waals surface area contributed by atoms with Crippen molar-refractivity contribution in [1.82, 2.24) is 10.2 Å². The molecule has 94 valence electrons. The highest BCUT2D eigenvalue weighted by atomic mass is 16.5. The minimum atomic E-state index is 0.604. The van der Waals surface area contributed by atoms with E-state index in [2.05, 4.69) is 42.5 Å². The Labute approximate surface area is 104 Å². The second kappa shape index (κ2) is 6.03.